The maximum absolute atomic E-state index is 13.1. The Bertz CT molecular complexity index is 965. The zero-order valence-electron chi connectivity index (χ0n) is 13.0. The number of benzene rings is 2. The van der Waals surface area contributed by atoms with Crippen LogP contribution in [0.2, 0.25) is 0 Å². The molecule has 9 heteroatoms. The molecule has 1 saturated heterocycles. The van der Waals surface area contributed by atoms with Crippen molar-refractivity contribution in [3.8, 4) is 28.3 Å². The van der Waals surface area contributed by atoms with Gasteiger partial charge >= 0.3 is 6.18 Å². The molecular formula is C17H12F3IN4O. The Morgan fingerprint density at radius 2 is 1.69 bits per heavy atom. The Balaban J connectivity index is 1.62. The Labute approximate surface area is 159 Å². The third kappa shape index (κ3) is 2.85. The standard InChI is InChI=1S/C17H12F3IN4O/c18-17(19,20)16(24-25-16)10-3-1-9(2-4-10)13-8-14(23-22-13)12-6-5-11(21)7-15(12)26/h1-8,24-26H,(H,22,23). The Hall–Kier alpha value is -2.11. The number of nitrogens with one attached hydrogen (secondary N) is 3. The van der Waals surface area contributed by atoms with E-state index in [9.17, 15) is 18.3 Å². The summed E-state index contributed by atoms with van der Waals surface area (Å²) < 4.78 is 40.2. The van der Waals surface area contributed by atoms with Gasteiger partial charge in [0.15, 0.2) is 0 Å². The zero-order chi connectivity index (χ0) is 18.5. The van der Waals surface area contributed by atoms with Crippen molar-refractivity contribution in [1.29, 1.82) is 0 Å². The lowest BCUT2D eigenvalue weighted by atomic mass is 10.0. The fourth-order valence-electron chi connectivity index (χ4n) is 2.74. The van der Waals surface area contributed by atoms with Crippen molar-refractivity contribution in [3.05, 3.63) is 57.7 Å². The summed E-state index contributed by atoms with van der Waals surface area (Å²) in [5.41, 5.74) is 4.73. The molecule has 134 valence electrons. The van der Waals surface area contributed by atoms with Gasteiger partial charge in [-0.25, -0.2) is 10.9 Å². The first-order chi connectivity index (χ1) is 12.3. The molecule has 26 heavy (non-hydrogen) atoms. The van der Waals surface area contributed by atoms with Crippen LogP contribution in [-0.2, 0) is 5.66 Å². The van der Waals surface area contributed by atoms with Crippen LogP contribution in [0.15, 0.2) is 48.5 Å². The second kappa shape index (κ2) is 5.96. The fraction of sp³-hybridized carbons (Fsp3) is 0.118. The van der Waals surface area contributed by atoms with Crippen LogP contribution in [0.5, 0.6) is 5.75 Å². The smallest absolute Gasteiger partial charge is 0.426 e. The van der Waals surface area contributed by atoms with Crippen molar-refractivity contribution < 1.29 is 18.3 Å². The van der Waals surface area contributed by atoms with E-state index in [0.717, 1.165) is 3.57 Å². The van der Waals surface area contributed by atoms with Crippen LogP contribution in [0.3, 0.4) is 0 Å². The predicted molar refractivity (Wildman–Crippen MR) is 97.8 cm³/mol. The molecule has 1 aliphatic rings. The Morgan fingerprint density at radius 1 is 1.00 bits per heavy atom. The molecule has 2 aromatic carbocycles. The van der Waals surface area contributed by atoms with Gasteiger partial charge in [-0.15, -0.1) is 0 Å². The lowest BCUT2D eigenvalue weighted by Gasteiger charge is -2.16. The van der Waals surface area contributed by atoms with Gasteiger partial charge in [0, 0.05) is 9.13 Å². The van der Waals surface area contributed by atoms with E-state index in [2.05, 4.69) is 43.6 Å². The number of hydrogen-bond donors (Lipinski definition) is 4. The summed E-state index contributed by atoms with van der Waals surface area (Å²) in [5.74, 6) is 0.114. The van der Waals surface area contributed by atoms with Crippen LogP contribution in [0.25, 0.3) is 22.5 Å². The number of phenols is 1. The topological polar surface area (TPSA) is 92.8 Å². The monoisotopic (exact) mass is 472 g/mol. The molecule has 0 atom stereocenters. The molecule has 0 radical (unpaired) electrons. The van der Waals surface area contributed by atoms with Gasteiger partial charge in [-0.1, -0.05) is 24.3 Å². The van der Waals surface area contributed by atoms with E-state index in [0.29, 0.717) is 22.5 Å². The second-order valence-electron chi connectivity index (χ2n) is 5.90. The molecule has 0 unspecified atom stereocenters. The van der Waals surface area contributed by atoms with Gasteiger partial charge in [0.1, 0.15) is 5.75 Å². The summed E-state index contributed by atoms with van der Waals surface area (Å²) in [6.45, 7) is 0. The van der Waals surface area contributed by atoms with Crippen LogP contribution >= 0.6 is 22.6 Å². The molecule has 0 amide bonds. The molecule has 2 heterocycles. The van der Waals surface area contributed by atoms with Crippen LogP contribution in [0, 0.1) is 3.57 Å². The van der Waals surface area contributed by atoms with Gasteiger partial charge in [0.2, 0.25) is 5.66 Å². The van der Waals surface area contributed by atoms with Crippen LogP contribution < -0.4 is 10.9 Å². The molecule has 4 rings (SSSR count). The van der Waals surface area contributed by atoms with E-state index in [1.165, 1.54) is 12.1 Å². The molecule has 3 aromatic rings. The third-order valence-electron chi connectivity index (χ3n) is 4.24. The highest BCUT2D eigenvalue weighted by molar-refractivity contribution is 14.1. The predicted octanol–water partition coefficient (Wildman–Crippen LogP) is 3.88. The first-order valence-electron chi connectivity index (χ1n) is 7.56. The van der Waals surface area contributed by atoms with Gasteiger partial charge in [0.25, 0.3) is 0 Å². The molecule has 0 saturated carbocycles. The molecule has 0 spiro atoms. The molecular weight excluding hydrogens is 460 g/mol. The normalized spacial score (nSPS) is 15.8. The van der Waals surface area contributed by atoms with Crippen LogP contribution in [-0.4, -0.2) is 21.5 Å². The van der Waals surface area contributed by atoms with E-state index in [1.54, 1.807) is 30.3 Å². The molecule has 1 fully saturated rings. The largest absolute Gasteiger partial charge is 0.507 e. The van der Waals surface area contributed by atoms with Crippen molar-refractivity contribution in [1.82, 2.24) is 21.0 Å². The summed E-state index contributed by atoms with van der Waals surface area (Å²) in [6.07, 6.45) is -4.43. The highest BCUT2D eigenvalue weighted by Gasteiger charge is 2.65. The minimum Gasteiger partial charge on any atom is -0.507 e. The maximum atomic E-state index is 13.1. The van der Waals surface area contributed by atoms with E-state index in [4.69, 9.17) is 0 Å². The number of aromatic amines is 1. The molecule has 5 nitrogen and oxygen atoms in total. The van der Waals surface area contributed by atoms with Crippen LogP contribution in [0.4, 0.5) is 13.2 Å². The number of phenolic OH excluding ortho intramolecular Hbond substituents is 1. The van der Waals surface area contributed by atoms with Crippen molar-refractivity contribution in [3.63, 3.8) is 0 Å². The Kier molecular flexibility index (Phi) is 3.97. The number of nitrogens with zero attached hydrogens (tertiary/aromatic N) is 1. The number of rotatable bonds is 3. The van der Waals surface area contributed by atoms with E-state index < -0.39 is 11.8 Å². The number of aromatic hydroxyl groups is 1. The first-order valence-corrected chi connectivity index (χ1v) is 8.64. The minimum absolute atomic E-state index is 0.0868. The number of hydrogen-bond acceptors (Lipinski definition) is 4. The number of H-pyrrole nitrogens is 1. The summed E-state index contributed by atoms with van der Waals surface area (Å²) in [5, 5.41) is 17.1. The molecule has 1 aromatic heterocycles. The van der Waals surface area contributed by atoms with Gasteiger partial charge in [-0.05, 0) is 58.0 Å². The second-order valence-corrected chi connectivity index (χ2v) is 7.15. The van der Waals surface area contributed by atoms with Gasteiger partial charge in [-0.2, -0.15) is 18.3 Å². The maximum Gasteiger partial charge on any atom is 0.426 e. The van der Waals surface area contributed by atoms with Crippen molar-refractivity contribution >= 4 is 22.6 Å². The third-order valence-corrected chi connectivity index (χ3v) is 4.91. The van der Waals surface area contributed by atoms with E-state index in [-0.39, 0.29) is 11.3 Å². The molecule has 4 N–H and O–H groups in total. The fourth-order valence-corrected chi connectivity index (χ4v) is 3.22. The average molecular weight is 472 g/mol. The van der Waals surface area contributed by atoms with E-state index in [1.807, 2.05) is 6.07 Å². The highest BCUT2D eigenvalue weighted by Crippen LogP contribution is 2.42. The molecule has 0 aliphatic carbocycles. The SMILES string of the molecule is Oc1cc(I)ccc1-c1cc(-c2ccc(C3(C(F)(F)F)NN3)cc2)[nH]n1. The summed E-state index contributed by atoms with van der Waals surface area (Å²) in [7, 11) is 0. The zero-order valence-corrected chi connectivity index (χ0v) is 15.2. The lowest BCUT2D eigenvalue weighted by molar-refractivity contribution is -0.165. The summed E-state index contributed by atoms with van der Waals surface area (Å²) in [6, 6.07) is 13.0. The average Bonchev–Trinajstić information content (AvgIpc) is 3.28. The Morgan fingerprint density at radius 3 is 2.27 bits per heavy atom. The summed E-state index contributed by atoms with van der Waals surface area (Å²) in [4.78, 5) is 0. The van der Waals surface area contributed by atoms with Crippen molar-refractivity contribution in [2.75, 3.05) is 0 Å². The van der Waals surface area contributed by atoms with E-state index >= 15 is 0 Å². The molecule has 1 aliphatic heterocycles. The first kappa shape index (κ1) is 17.3. The number of halogens is 4. The minimum atomic E-state index is -4.43. The number of hydrazine groups is 1. The van der Waals surface area contributed by atoms with Crippen molar-refractivity contribution in [2.24, 2.45) is 0 Å². The number of alkyl halides is 3. The lowest BCUT2D eigenvalue weighted by Crippen LogP contribution is -2.34. The van der Waals surface area contributed by atoms with Gasteiger partial charge < -0.3 is 5.11 Å². The van der Waals surface area contributed by atoms with Crippen molar-refractivity contribution in [2.45, 2.75) is 11.8 Å². The number of aromatic nitrogens is 2. The van der Waals surface area contributed by atoms with Gasteiger partial charge in [-0.3, -0.25) is 5.10 Å². The molecule has 0 bridgehead atoms. The van der Waals surface area contributed by atoms with Gasteiger partial charge in [0.05, 0.1) is 11.4 Å². The van der Waals surface area contributed by atoms with Crippen LogP contribution in [0.1, 0.15) is 5.56 Å². The quantitative estimate of drug-likeness (QED) is 0.344. The summed E-state index contributed by atoms with van der Waals surface area (Å²) >= 11 is 2.10. The highest BCUT2D eigenvalue weighted by atomic mass is 127.